The summed E-state index contributed by atoms with van der Waals surface area (Å²) in [6.07, 6.45) is 4.72. The van der Waals surface area contributed by atoms with Crippen molar-refractivity contribution in [2.24, 2.45) is 0 Å². The van der Waals surface area contributed by atoms with E-state index in [2.05, 4.69) is 29.6 Å². The molecule has 4 rings (SSSR count). The van der Waals surface area contributed by atoms with E-state index in [4.69, 9.17) is 4.74 Å². The van der Waals surface area contributed by atoms with E-state index in [-0.39, 0.29) is 11.7 Å². The fraction of sp³-hybridized carbons (Fsp3) is 0.214. The highest BCUT2D eigenvalue weighted by Crippen LogP contribution is 2.44. The van der Waals surface area contributed by atoms with Crippen LogP contribution in [0.5, 0.6) is 0 Å². The minimum Gasteiger partial charge on any atom is -0.449 e. The summed E-state index contributed by atoms with van der Waals surface area (Å²) in [5.74, 6) is 0.198. The number of hydrogen-bond acceptors (Lipinski definition) is 3. The van der Waals surface area contributed by atoms with Gasteiger partial charge in [0.15, 0.2) is 5.78 Å². The number of Topliss-reactive ketones (excluding diaryl/α,β-unsaturated/α-hetero) is 1. The molecule has 0 saturated heterocycles. The van der Waals surface area contributed by atoms with Crippen LogP contribution in [0.4, 0.5) is 4.79 Å². The molecule has 0 atom stereocenters. The van der Waals surface area contributed by atoms with E-state index in [1.807, 2.05) is 67.6 Å². The van der Waals surface area contributed by atoms with Gasteiger partial charge in [0.1, 0.15) is 6.61 Å². The van der Waals surface area contributed by atoms with Crippen molar-refractivity contribution in [1.82, 2.24) is 5.32 Å². The van der Waals surface area contributed by atoms with Crippen LogP contribution >= 0.6 is 0 Å². The van der Waals surface area contributed by atoms with Crippen LogP contribution in [0.15, 0.2) is 78.9 Å². The standard InChI is InChI=1S/C28H27NO3/c1-2-27(30)21-12-9-11-20(18-21)10-7-8-17-29-28(31)32-19-26-24-15-5-3-13-22(24)23-14-4-6-16-25(23)26/h3-7,9-16,18,26H,2,8,17,19H2,1H3,(H,29,31). The molecular formula is C28H27NO3. The van der Waals surface area contributed by atoms with E-state index >= 15 is 0 Å². The van der Waals surface area contributed by atoms with Gasteiger partial charge in [0.2, 0.25) is 0 Å². The Hall–Kier alpha value is -3.66. The van der Waals surface area contributed by atoms with Crippen LogP contribution in [0.3, 0.4) is 0 Å². The molecule has 0 aliphatic heterocycles. The average molecular weight is 426 g/mol. The second kappa shape index (κ2) is 10.1. The summed E-state index contributed by atoms with van der Waals surface area (Å²) >= 11 is 0. The molecule has 1 aliphatic rings. The maximum absolute atomic E-state index is 12.2. The summed E-state index contributed by atoms with van der Waals surface area (Å²) in [6.45, 7) is 2.66. The van der Waals surface area contributed by atoms with Gasteiger partial charge in [-0.15, -0.1) is 0 Å². The first kappa shape index (κ1) is 21.6. The highest BCUT2D eigenvalue weighted by atomic mass is 16.5. The molecule has 0 bridgehead atoms. The average Bonchev–Trinajstić information content (AvgIpc) is 3.16. The van der Waals surface area contributed by atoms with Crippen molar-refractivity contribution in [2.75, 3.05) is 13.2 Å². The molecule has 32 heavy (non-hydrogen) atoms. The van der Waals surface area contributed by atoms with Crippen LogP contribution in [0.2, 0.25) is 0 Å². The monoisotopic (exact) mass is 425 g/mol. The van der Waals surface area contributed by atoms with Crippen LogP contribution < -0.4 is 5.32 Å². The van der Waals surface area contributed by atoms with Crippen molar-refractivity contribution in [3.63, 3.8) is 0 Å². The number of benzene rings is 3. The van der Waals surface area contributed by atoms with Gasteiger partial charge in [-0.2, -0.15) is 0 Å². The van der Waals surface area contributed by atoms with Crippen molar-refractivity contribution in [2.45, 2.75) is 25.7 Å². The van der Waals surface area contributed by atoms with Gasteiger partial charge < -0.3 is 10.1 Å². The molecule has 0 radical (unpaired) electrons. The highest BCUT2D eigenvalue weighted by Gasteiger charge is 2.28. The lowest BCUT2D eigenvalue weighted by Gasteiger charge is -2.14. The zero-order valence-electron chi connectivity index (χ0n) is 18.2. The second-order valence-electron chi connectivity index (χ2n) is 7.85. The molecule has 1 aliphatic carbocycles. The molecule has 0 unspecified atom stereocenters. The van der Waals surface area contributed by atoms with Crippen molar-refractivity contribution >= 4 is 18.0 Å². The molecule has 1 N–H and O–H groups in total. The van der Waals surface area contributed by atoms with Crippen molar-refractivity contribution in [3.05, 3.63) is 101 Å². The van der Waals surface area contributed by atoms with Crippen molar-refractivity contribution in [3.8, 4) is 11.1 Å². The van der Waals surface area contributed by atoms with Crippen LogP contribution in [-0.2, 0) is 4.74 Å². The predicted molar refractivity (Wildman–Crippen MR) is 128 cm³/mol. The van der Waals surface area contributed by atoms with Crippen LogP contribution in [0.1, 0.15) is 52.7 Å². The Bertz CT molecular complexity index is 1100. The number of ketones is 1. The molecule has 0 heterocycles. The van der Waals surface area contributed by atoms with Gasteiger partial charge in [0, 0.05) is 24.4 Å². The number of hydrogen-bond donors (Lipinski definition) is 1. The number of amides is 1. The van der Waals surface area contributed by atoms with E-state index in [9.17, 15) is 9.59 Å². The van der Waals surface area contributed by atoms with Crippen molar-refractivity contribution < 1.29 is 14.3 Å². The Kier molecular flexibility index (Phi) is 6.81. The maximum Gasteiger partial charge on any atom is 0.407 e. The molecule has 3 aromatic carbocycles. The van der Waals surface area contributed by atoms with Gasteiger partial charge in [-0.25, -0.2) is 4.79 Å². The molecule has 0 aromatic heterocycles. The van der Waals surface area contributed by atoms with E-state index < -0.39 is 6.09 Å². The van der Waals surface area contributed by atoms with E-state index in [0.29, 0.717) is 26.0 Å². The molecule has 0 fully saturated rings. The summed E-state index contributed by atoms with van der Waals surface area (Å²) in [5, 5.41) is 2.81. The van der Waals surface area contributed by atoms with Gasteiger partial charge in [0.25, 0.3) is 0 Å². The minimum absolute atomic E-state index is 0.0613. The number of fused-ring (bicyclic) bond motifs is 3. The van der Waals surface area contributed by atoms with Crippen LogP contribution in [0.25, 0.3) is 17.2 Å². The number of nitrogens with one attached hydrogen (secondary N) is 1. The molecule has 1 amide bonds. The van der Waals surface area contributed by atoms with E-state index in [1.165, 1.54) is 22.3 Å². The van der Waals surface area contributed by atoms with Crippen LogP contribution in [0, 0.1) is 0 Å². The largest absolute Gasteiger partial charge is 0.449 e. The number of carbonyl (C=O) groups is 2. The van der Waals surface area contributed by atoms with Crippen LogP contribution in [-0.4, -0.2) is 25.0 Å². The van der Waals surface area contributed by atoms with E-state index in [0.717, 1.165) is 11.1 Å². The molecule has 4 nitrogen and oxygen atoms in total. The quantitative estimate of drug-likeness (QED) is 0.344. The predicted octanol–water partition coefficient (Wildman–Crippen LogP) is 6.22. The Morgan fingerprint density at radius 2 is 1.62 bits per heavy atom. The molecule has 0 saturated carbocycles. The summed E-state index contributed by atoms with van der Waals surface area (Å²) in [6, 6.07) is 24.2. The molecule has 4 heteroatoms. The molecule has 3 aromatic rings. The number of rotatable bonds is 8. The summed E-state index contributed by atoms with van der Waals surface area (Å²) in [5.41, 5.74) is 6.54. The third-order valence-electron chi connectivity index (χ3n) is 5.76. The lowest BCUT2D eigenvalue weighted by molar-refractivity contribution is 0.0988. The highest BCUT2D eigenvalue weighted by molar-refractivity contribution is 5.96. The van der Waals surface area contributed by atoms with Gasteiger partial charge in [-0.1, -0.05) is 85.8 Å². The summed E-state index contributed by atoms with van der Waals surface area (Å²) in [7, 11) is 0. The fourth-order valence-corrected chi connectivity index (χ4v) is 4.15. The lowest BCUT2D eigenvalue weighted by atomic mass is 9.98. The Labute approximate surface area is 188 Å². The van der Waals surface area contributed by atoms with Crippen molar-refractivity contribution in [1.29, 1.82) is 0 Å². The number of alkyl carbamates (subject to hydrolysis) is 1. The first-order valence-corrected chi connectivity index (χ1v) is 11.1. The number of ether oxygens (including phenoxy) is 1. The van der Waals surface area contributed by atoms with Gasteiger partial charge in [0.05, 0.1) is 0 Å². The van der Waals surface area contributed by atoms with Gasteiger partial charge in [-0.05, 0) is 40.3 Å². The fourth-order valence-electron chi connectivity index (χ4n) is 4.15. The first-order valence-electron chi connectivity index (χ1n) is 11.1. The summed E-state index contributed by atoms with van der Waals surface area (Å²) < 4.78 is 5.55. The summed E-state index contributed by atoms with van der Waals surface area (Å²) in [4.78, 5) is 24.0. The smallest absolute Gasteiger partial charge is 0.407 e. The molecule has 0 spiro atoms. The van der Waals surface area contributed by atoms with Gasteiger partial charge >= 0.3 is 6.09 Å². The zero-order valence-corrected chi connectivity index (χ0v) is 18.2. The Morgan fingerprint density at radius 3 is 2.31 bits per heavy atom. The minimum atomic E-state index is -0.407. The number of carbonyl (C=O) groups excluding carboxylic acids is 2. The molecule has 162 valence electrons. The third kappa shape index (κ3) is 4.80. The molecular weight excluding hydrogens is 398 g/mol. The van der Waals surface area contributed by atoms with E-state index in [1.54, 1.807) is 0 Å². The maximum atomic E-state index is 12.2. The topological polar surface area (TPSA) is 55.4 Å². The normalized spacial score (nSPS) is 12.4. The SMILES string of the molecule is CCC(=O)c1cccc(C=CCCNC(=O)OCC2c3ccccc3-c3ccccc32)c1. The lowest BCUT2D eigenvalue weighted by Crippen LogP contribution is -2.26. The Balaban J connectivity index is 1.26. The second-order valence-corrected chi connectivity index (χ2v) is 7.85. The zero-order chi connectivity index (χ0) is 22.3. The van der Waals surface area contributed by atoms with Gasteiger partial charge in [-0.3, -0.25) is 4.79 Å². The Morgan fingerprint density at radius 1 is 0.938 bits per heavy atom. The first-order chi connectivity index (χ1) is 15.7. The third-order valence-corrected chi connectivity index (χ3v) is 5.76.